The van der Waals surface area contributed by atoms with Gasteiger partial charge in [-0.3, -0.25) is 9.89 Å². The quantitative estimate of drug-likeness (QED) is 0.882. The molecular weight excluding hydrogens is 222 g/mol. The number of rotatable bonds is 4. The van der Waals surface area contributed by atoms with Crippen molar-refractivity contribution in [1.29, 1.82) is 0 Å². The summed E-state index contributed by atoms with van der Waals surface area (Å²) in [6.07, 6.45) is 0. The Balaban J connectivity index is 2.25. The van der Waals surface area contributed by atoms with Crippen LogP contribution in [-0.2, 0) is 0 Å². The average Bonchev–Trinajstić information content (AvgIpc) is 2.83. The predicted molar refractivity (Wildman–Crippen MR) is 77.3 cm³/mol. The van der Waals surface area contributed by atoms with E-state index in [1.165, 1.54) is 11.1 Å². The lowest BCUT2D eigenvalue weighted by molar-refractivity contribution is 0.365. The van der Waals surface area contributed by atoms with Gasteiger partial charge in [-0.1, -0.05) is 38.1 Å². The fourth-order valence-electron chi connectivity index (χ4n) is 2.36. The first-order valence-electron chi connectivity index (χ1n) is 6.64. The molecule has 1 N–H and O–H groups in total. The van der Waals surface area contributed by atoms with Crippen molar-refractivity contribution >= 4 is 5.84 Å². The topological polar surface area (TPSA) is 27.6 Å². The van der Waals surface area contributed by atoms with Gasteiger partial charge in [0, 0.05) is 6.54 Å². The van der Waals surface area contributed by atoms with Crippen molar-refractivity contribution in [3.8, 4) is 0 Å². The highest BCUT2D eigenvalue weighted by Gasteiger charge is 2.22. The smallest absolute Gasteiger partial charge is 0.119 e. The Morgan fingerprint density at radius 2 is 1.72 bits per heavy atom. The lowest BCUT2D eigenvalue weighted by Gasteiger charge is -2.25. The molecule has 0 spiro atoms. The summed E-state index contributed by atoms with van der Waals surface area (Å²) in [5.41, 5.74) is 2.69. The lowest BCUT2D eigenvalue weighted by Crippen LogP contribution is -2.34. The molecular formula is C15H23N3. The second kappa shape index (κ2) is 5.53. The molecule has 18 heavy (non-hydrogen) atoms. The third-order valence-electron chi connectivity index (χ3n) is 3.39. The van der Waals surface area contributed by atoms with E-state index in [0.717, 1.165) is 18.9 Å². The first-order chi connectivity index (χ1) is 8.59. The summed E-state index contributed by atoms with van der Waals surface area (Å²) in [5, 5.41) is 3.38. The Morgan fingerprint density at radius 3 is 2.17 bits per heavy atom. The molecule has 0 bridgehead atoms. The van der Waals surface area contributed by atoms with E-state index < -0.39 is 0 Å². The van der Waals surface area contributed by atoms with E-state index in [-0.39, 0.29) is 6.04 Å². The summed E-state index contributed by atoms with van der Waals surface area (Å²) >= 11 is 0. The van der Waals surface area contributed by atoms with Crippen LogP contribution in [-0.4, -0.2) is 37.9 Å². The van der Waals surface area contributed by atoms with Crippen LogP contribution in [0.2, 0.25) is 0 Å². The number of aliphatic imine (C=N–C) groups is 1. The van der Waals surface area contributed by atoms with Crippen molar-refractivity contribution in [2.24, 2.45) is 4.99 Å². The van der Waals surface area contributed by atoms with Gasteiger partial charge >= 0.3 is 0 Å². The molecule has 1 unspecified atom stereocenters. The minimum absolute atomic E-state index is 0.244. The molecule has 1 atom stereocenters. The summed E-state index contributed by atoms with van der Waals surface area (Å²) < 4.78 is 0. The molecule has 0 saturated carbocycles. The molecule has 0 radical (unpaired) electrons. The van der Waals surface area contributed by atoms with Gasteiger partial charge in [-0.25, -0.2) is 0 Å². The Labute approximate surface area is 110 Å². The van der Waals surface area contributed by atoms with E-state index in [4.69, 9.17) is 0 Å². The highest BCUT2D eigenvalue weighted by molar-refractivity contribution is 5.89. The van der Waals surface area contributed by atoms with E-state index in [1.54, 1.807) is 0 Å². The molecule has 0 fully saturated rings. The largest absolute Gasteiger partial charge is 0.370 e. The van der Waals surface area contributed by atoms with Crippen molar-refractivity contribution in [1.82, 2.24) is 10.2 Å². The monoisotopic (exact) mass is 245 g/mol. The van der Waals surface area contributed by atoms with Gasteiger partial charge in [0.25, 0.3) is 0 Å². The zero-order valence-corrected chi connectivity index (χ0v) is 11.8. The van der Waals surface area contributed by atoms with Crippen LogP contribution in [0.3, 0.4) is 0 Å². The summed E-state index contributed by atoms with van der Waals surface area (Å²) in [4.78, 5) is 6.76. The third kappa shape index (κ3) is 2.72. The molecule has 0 aromatic heterocycles. The van der Waals surface area contributed by atoms with Gasteiger partial charge in [0.2, 0.25) is 0 Å². The van der Waals surface area contributed by atoms with Crippen molar-refractivity contribution < 1.29 is 0 Å². The number of hydrogen-bond acceptors (Lipinski definition) is 3. The zero-order chi connectivity index (χ0) is 13.1. The van der Waals surface area contributed by atoms with Crippen LogP contribution in [0.4, 0.5) is 0 Å². The second-order valence-corrected chi connectivity index (χ2v) is 5.38. The Bertz CT molecular complexity index is 418. The van der Waals surface area contributed by atoms with E-state index >= 15 is 0 Å². The molecule has 98 valence electrons. The van der Waals surface area contributed by atoms with Crippen LogP contribution in [0.15, 0.2) is 29.3 Å². The average molecular weight is 245 g/mol. The van der Waals surface area contributed by atoms with E-state index in [1.807, 2.05) is 0 Å². The number of amidine groups is 1. The molecule has 1 heterocycles. The molecule has 2 rings (SSSR count). The van der Waals surface area contributed by atoms with Gasteiger partial charge in [-0.15, -0.1) is 0 Å². The highest BCUT2D eigenvalue weighted by atomic mass is 15.2. The standard InChI is InChI=1S/C15H23N3/c1-11(2)12-5-7-13(8-6-12)14(18(3)4)15-16-9-10-17-15/h5-8,11,14H,9-10H2,1-4H3,(H,16,17). The molecule has 3 nitrogen and oxygen atoms in total. The molecule has 1 aromatic rings. The third-order valence-corrected chi connectivity index (χ3v) is 3.39. The molecule has 0 amide bonds. The minimum atomic E-state index is 0.244. The first-order valence-corrected chi connectivity index (χ1v) is 6.64. The maximum absolute atomic E-state index is 4.56. The van der Waals surface area contributed by atoms with Crippen LogP contribution in [0, 0.1) is 0 Å². The zero-order valence-electron chi connectivity index (χ0n) is 11.8. The van der Waals surface area contributed by atoms with Gasteiger partial charge in [0.15, 0.2) is 0 Å². The molecule has 0 aliphatic carbocycles. The Morgan fingerprint density at radius 1 is 1.11 bits per heavy atom. The van der Waals surface area contributed by atoms with Crippen LogP contribution < -0.4 is 5.32 Å². The van der Waals surface area contributed by atoms with E-state index in [2.05, 4.69) is 67.4 Å². The van der Waals surface area contributed by atoms with Crippen LogP contribution in [0.25, 0.3) is 0 Å². The lowest BCUT2D eigenvalue weighted by atomic mass is 9.98. The van der Waals surface area contributed by atoms with Crippen molar-refractivity contribution in [3.05, 3.63) is 35.4 Å². The van der Waals surface area contributed by atoms with Gasteiger partial charge in [-0.2, -0.15) is 0 Å². The van der Waals surface area contributed by atoms with Gasteiger partial charge in [0.1, 0.15) is 5.84 Å². The Hall–Kier alpha value is -1.35. The SMILES string of the molecule is CC(C)c1ccc(C(C2=NCCN2)N(C)C)cc1. The molecule has 1 aliphatic rings. The van der Waals surface area contributed by atoms with Crippen LogP contribution in [0.5, 0.6) is 0 Å². The normalized spacial score (nSPS) is 16.9. The van der Waals surface area contributed by atoms with Crippen molar-refractivity contribution in [3.63, 3.8) is 0 Å². The number of benzene rings is 1. The minimum Gasteiger partial charge on any atom is -0.370 e. The summed E-state index contributed by atoms with van der Waals surface area (Å²) in [6, 6.07) is 9.15. The summed E-state index contributed by atoms with van der Waals surface area (Å²) in [7, 11) is 4.20. The predicted octanol–water partition coefficient (Wildman–Crippen LogP) is 2.41. The number of nitrogens with one attached hydrogen (secondary N) is 1. The summed E-state index contributed by atoms with van der Waals surface area (Å²) in [5.74, 6) is 1.68. The molecule has 1 aromatic carbocycles. The number of hydrogen-bond donors (Lipinski definition) is 1. The molecule has 1 aliphatic heterocycles. The van der Waals surface area contributed by atoms with Crippen LogP contribution in [0.1, 0.15) is 36.9 Å². The maximum Gasteiger partial charge on any atom is 0.119 e. The van der Waals surface area contributed by atoms with Crippen LogP contribution >= 0.6 is 0 Å². The van der Waals surface area contributed by atoms with Gasteiger partial charge in [-0.05, 0) is 31.1 Å². The van der Waals surface area contributed by atoms with Crippen molar-refractivity contribution in [2.45, 2.75) is 25.8 Å². The summed E-state index contributed by atoms with van der Waals surface area (Å²) in [6.45, 7) is 6.30. The maximum atomic E-state index is 4.56. The van der Waals surface area contributed by atoms with Gasteiger partial charge < -0.3 is 5.32 Å². The fraction of sp³-hybridized carbons (Fsp3) is 0.533. The highest BCUT2D eigenvalue weighted by Crippen LogP contribution is 2.23. The number of likely N-dealkylation sites (N-methyl/N-ethyl adjacent to an activating group) is 1. The second-order valence-electron chi connectivity index (χ2n) is 5.38. The van der Waals surface area contributed by atoms with Gasteiger partial charge in [0.05, 0.1) is 12.6 Å². The van der Waals surface area contributed by atoms with Crippen molar-refractivity contribution in [2.75, 3.05) is 27.2 Å². The van der Waals surface area contributed by atoms with E-state index in [0.29, 0.717) is 5.92 Å². The first kappa shape index (κ1) is 13.1. The Kier molecular flexibility index (Phi) is 4.02. The molecule has 0 saturated heterocycles. The van der Waals surface area contributed by atoms with E-state index in [9.17, 15) is 0 Å². The fourth-order valence-corrected chi connectivity index (χ4v) is 2.36. The number of nitrogens with zero attached hydrogens (tertiary/aromatic N) is 2. The molecule has 3 heteroatoms.